The van der Waals surface area contributed by atoms with Crippen LogP contribution in [-0.2, 0) is 20.9 Å². The Hall–Kier alpha value is -0.790. The standard InChI is InChI=1S/C9H8ClF3O3S/c1-6-2-7(4-8(10)3-6)5-16-17(14,15)9(11,12)13/h2-4H,5H2,1H3. The Balaban J connectivity index is 2.81. The molecule has 0 fully saturated rings. The smallest absolute Gasteiger partial charge is 0.258 e. The third kappa shape index (κ3) is 3.86. The molecule has 17 heavy (non-hydrogen) atoms. The summed E-state index contributed by atoms with van der Waals surface area (Å²) in [6, 6.07) is 4.40. The molecule has 0 saturated heterocycles. The summed E-state index contributed by atoms with van der Waals surface area (Å²) in [5.74, 6) is 0. The van der Waals surface area contributed by atoms with Crippen molar-refractivity contribution in [3.8, 4) is 0 Å². The molecule has 96 valence electrons. The molecule has 8 heteroatoms. The summed E-state index contributed by atoms with van der Waals surface area (Å²) in [7, 11) is -5.56. The average Bonchev–Trinajstić information content (AvgIpc) is 2.11. The molecule has 1 aromatic carbocycles. The summed E-state index contributed by atoms with van der Waals surface area (Å²) < 4.78 is 61.0. The average molecular weight is 289 g/mol. The van der Waals surface area contributed by atoms with E-state index in [1.165, 1.54) is 12.1 Å². The van der Waals surface area contributed by atoms with Crippen LogP contribution < -0.4 is 0 Å². The van der Waals surface area contributed by atoms with Gasteiger partial charge in [0.2, 0.25) is 0 Å². The highest BCUT2D eigenvalue weighted by Gasteiger charge is 2.47. The highest BCUT2D eigenvalue weighted by molar-refractivity contribution is 7.87. The van der Waals surface area contributed by atoms with Gasteiger partial charge in [0.25, 0.3) is 0 Å². The SMILES string of the molecule is Cc1cc(Cl)cc(COS(=O)(=O)C(F)(F)F)c1. The number of rotatable bonds is 3. The lowest BCUT2D eigenvalue weighted by atomic mass is 10.1. The highest BCUT2D eigenvalue weighted by atomic mass is 35.5. The van der Waals surface area contributed by atoms with Crippen molar-refractivity contribution < 1.29 is 25.8 Å². The first kappa shape index (κ1) is 14.3. The van der Waals surface area contributed by atoms with Crippen LogP contribution in [0.3, 0.4) is 0 Å². The van der Waals surface area contributed by atoms with E-state index in [0.717, 1.165) is 0 Å². The summed E-state index contributed by atoms with van der Waals surface area (Å²) in [5, 5.41) is 0.299. The van der Waals surface area contributed by atoms with Crippen LogP contribution in [0.1, 0.15) is 11.1 Å². The van der Waals surface area contributed by atoms with Crippen LogP contribution >= 0.6 is 11.6 Å². The molecule has 1 aromatic rings. The molecule has 0 saturated carbocycles. The molecule has 0 bridgehead atoms. The Bertz CT molecular complexity index is 490. The summed E-state index contributed by atoms with van der Waals surface area (Å²) in [6.07, 6.45) is 0. The molecule has 0 N–H and O–H groups in total. The van der Waals surface area contributed by atoms with E-state index < -0.39 is 22.2 Å². The predicted octanol–water partition coefficient (Wildman–Crippen LogP) is 3.01. The fourth-order valence-corrected chi connectivity index (χ4v) is 1.84. The second-order valence-electron chi connectivity index (χ2n) is 3.30. The van der Waals surface area contributed by atoms with Crippen LogP contribution in [0.4, 0.5) is 13.2 Å². The van der Waals surface area contributed by atoms with Crippen molar-refractivity contribution in [2.75, 3.05) is 0 Å². The number of aryl methyl sites for hydroxylation is 1. The molecule has 0 radical (unpaired) electrons. The monoisotopic (exact) mass is 288 g/mol. The maximum atomic E-state index is 12.0. The van der Waals surface area contributed by atoms with Gasteiger partial charge in [0.05, 0.1) is 6.61 Å². The lowest BCUT2D eigenvalue weighted by Gasteiger charge is -2.08. The van der Waals surface area contributed by atoms with Crippen molar-refractivity contribution in [3.05, 3.63) is 34.3 Å². The molecule has 0 aromatic heterocycles. The first-order valence-corrected chi connectivity index (χ1v) is 6.12. The van der Waals surface area contributed by atoms with Crippen molar-refractivity contribution in [3.63, 3.8) is 0 Å². The largest absolute Gasteiger partial charge is 0.523 e. The van der Waals surface area contributed by atoms with E-state index in [2.05, 4.69) is 4.18 Å². The van der Waals surface area contributed by atoms with E-state index in [1.54, 1.807) is 13.0 Å². The molecule has 0 aliphatic rings. The molecule has 0 atom stereocenters. The van der Waals surface area contributed by atoms with Gasteiger partial charge >= 0.3 is 15.6 Å². The molecule has 0 aliphatic heterocycles. The van der Waals surface area contributed by atoms with Crippen molar-refractivity contribution in [2.24, 2.45) is 0 Å². The number of hydrogen-bond donors (Lipinski definition) is 0. The van der Waals surface area contributed by atoms with Gasteiger partial charge in [0, 0.05) is 5.02 Å². The Labute approximate surface area is 101 Å². The molecular weight excluding hydrogens is 281 g/mol. The maximum Gasteiger partial charge on any atom is 0.523 e. The first-order valence-electron chi connectivity index (χ1n) is 4.33. The Morgan fingerprint density at radius 3 is 2.35 bits per heavy atom. The van der Waals surface area contributed by atoms with Gasteiger partial charge in [-0.15, -0.1) is 0 Å². The molecule has 3 nitrogen and oxygen atoms in total. The molecule has 0 amide bonds. The van der Waals surface area contributed by atoms with Crippen molar-refractivity contribution in [2.45, 2.75) is 19.0 Å². The number of benzene rings is 1. The fraction of sp³-hybridized carbons (Fsp3) is 0.333. The van der Waals surface area contributed by atoms with Crippen molar-refractivity contribution >= 4 is 21.7 Å². The topological polar surface area (TPSA) is 43.4 Å². The van der Waals surface area contributed by atoms with Gasteiger partial charge in [-0.3, -0.25) is 4.18 Å². The lowest BCUT2D eigenvalue weighted by Crippen LogP contribution is -2.25. The van der Waals surface area contributed by atoms with Crippen LogP contribution in [0, 0.1) is 6.92 Å². The van der Waals surface area contributed by atoms with E-state index in [9.17, 15) is 21.6 Å². The minimum absolute atomic E-state index is 0.253. The maximum absolute atomic E-state index is 12.0. The van der Waals surface area contributed by atoms with Gasteiger partial charge in [0.15, 0.2) is 0 Å². The third-order valence-corrected chi connectivity index (χ3v) is 2.98. The van der Waals surface area contributed by atoms with E-state index in [-0.39, 0.29) is 5.56 Å². The lowest BCUT2D eigenvalue weighted by molar-refractivity contribution is -0.0547. The van der Waals surface area contributed by atoms with Crippen molar-refractivity contribution in [1.82, 2.24) is 0 Å². The molecule has 1 rings (SSSR count). The molecule has 0 spiro atoms. The van der Waals surface area contributed by atoms with E-state index >= 15 is 0 Å². The summed E-state index contributed by atoms with van der Waals surface area (Å²) in [5.41, 5.74) is -4.47. The van der Waals surface area contributed by atoms with Crippen molar-refractivity contribution in [1.29, 1.82) is 0 Å². The minimum Gasteiger partial charge on any atom is -0.258 e. The van der Waals surface area contributed by atoms with E-state index in [1.807, 2.05) is 0 Å². The van der Waals surface area contributed by atoms with Gasteiger partial charge in [-0.25, -0.2) is 0 Å². The molecule has 0 heterocycles. The zero-order chi connectivity index (χ0) is 13.3. The highest BCUT2D eigenvalue weighted by Crippen LogP contribution is 2.26. The van der Waals surface area contributed by atoms with Crippen LogP contribution in [0.5, 0.6) is 0 Å². The Morgan fingerprint density at radius 1 is 1.29 bits per heavy atom. The van der Waals surface area contributed by atoms with Crippen LogP contribution in [0.15, 0.2) is 18.2 Å². The summed E-state index contributed by atoms with van der Waals surface area (Å²) >= 11 is 5.66. The van der Waals surface area contributed by atoms with Crippen LogP contribution in [0.25, 0.3) is 0 Å². The zero-order valence-corrected chi connectivity index (χ0v) is 10.2. The fourth-order valence-electron chi connectivity index (χ4n) is 1.11. The second kappa shape index (κ2) is 4.83. The van der Waals surface area contributed by atoms with Crippen LogP contribution in [-0.4, -0.2) is 13.9 Å². The van der Waals surface area contributed by atoms with E-state index in [0.29, 0.717) is 10.6 Å². The van der Waals surface area contributed by atoms with Gasteiger partial charge in [0.1, 0.15) is 0 Å². The Kier molecular flexibility index (Phi) is 4.06. The predicted molar refractivity (Wildman–Crippen MR) is 56.0 cm³/mol. The second-order valence-corrected chi connectivity index (χ2v) is 5.34. The zero-order valence-electron chi connectivity index (χ0n) is 8.58. The van der Waals surface area contributed by atoms with Gasteiger partial charge in [-0.1, -0.05) is 17.7 Å². The number of alkyl halides is 3. The summed E-state index contributed by atoms with van der Waals surface area (Å²) in [4.78, 5) is 0. The van der Waals surface area contributed by atoms with E-state index in [4.69, 9.17) is 11.6 Å². The first-order chi connectivity index (χ1) is 7.62. The van der Waals surface area contributed by atoms with Crippen LogP contribution in [0.2, 0.25) is 5.02 Å². The number of hydrogen-bond acceptors (Lipinski definition) is 3. The van der Waals surface area contributed by atoms with Gasteiger partial charge in [-0.05, 0) is 30.2 Å². The third-order valence-electron chi connectivity index (χ3n) is 1.77. The van der Waals surface area contributed by atoms with Gasteiger partial charge in [-0.2, -0.15) is 21.6 Å². The Morgan fingerprint density at radius 2 is 1.88 bits per heavy atom. The molecule has 0 unspecified atom stereocenters. The quantitative estimate of drug-likeness (QED) is 0.634. The normalized spacial score (nSPS) is 12.8. The summed E-state index contributed by atoms with van der Waals surface area (Å²) in [6.45, 7) is 0.969. The molecular formula is C9H8ClF3O3S. The molecule has 0 aliphatic carbocycles. The number of halogens is 4. The minimum atomic E-state index is -5.56. The van der Waals surface area contributed by atoms with Gasteiger partial charge < -0.3 is 0 Å².